The quantitative estimate of drug-likeness (QED) is 0.811. The Kier molecular flexibility index (Phi) is 5.79. The lowest BCUT2D eigenvalue weighted by atomic mass is 10.1. The van der Waals surface area contributed by atoms with Crippen molar-refractivity contribution in [3.63, 3.8) is 0 Å². The number of amides is 1. The smallest absolute Gasteiger partial charge is 0.340 e. The Morgan fingerprint density at radius 3 is 2.74 bits per heavy atom. The highest BCUT2D eigenvalue weighted by molar-refractivity contribution is 6.31. The Labute approximate surface area is 117 Å². The number of methoxy groups -OCH3 is 1. The van der Waals surface area contributed by atoms with Crippen LogP contribution >= 0.6 is 11.6 Å². The van der Waals surface area contributed by atoms with Crippen molar-refractivity contribution in [2.24, 2.45) is 11.7 Å². The van der Waals surface area contributed by atoms with Crippen molar-refractivity contribution >= 4 is 29.2 Å². The van der Waals surface area contributed by atoms with Crippen LogP contribution in [0.2, 0.25) is 5.02 Å². The van der Waals surface area contributed by atoms with Gasteiger partial charge in [-0.1, -0.05) is 18.5 Å². The molecule has 0 fully saturated rings. The predicted octanol–water partition coefficient (Wildman–Crippen LogP) is 2.05. The highest BCUT2D eigenvalue weighted by Gasteiger charge is 2.17. The Morgan fingerprint density at radius 2 is 2.16 bits per heavy atom. The molecule has 1 atom stereocenters. The van der Waals surface area contributed by atoms with Gasteiger partial charge in [0.1, 0.15) is 0 Å². The number of hydrogen-bond donors (Lipinski definition) is 2. The van der Waals surface area contributed by atoms with E-state index in [1.165, 1.54) is 13.2 Å². The minimum absolute atomic E-state index is 0.196. The van der Waals surface area contributed by atoms with Crippen molar-refractivity contribution in [1.29, 1.82) is 0 Å². The van der Waals surface area contributed by atoms with Crippen LogP contribution in [0.1, 0.15) is 23.7 Å². The standard InChI is InChI=1S/C13H17ClN2O3/c1-8(5-6-15)12(17)16-11-4-3-9(14)7-10(11)13(18)19-2/h3-4,7-8H,5-6,15H2,1-2H3,(H,16,17). The number of carbonyl (C=O) groups is 2. The summed E-state index contributed by atoms with van der Waals surface area (Å²) in [7, 11) is 1.27. The molecule has 104 valence electrons. The molecule has 0 aliphatic carbocycles. The normalized spacial score (nSPS) is 11.8. The van der Waals surface area contributed by atoms with Crippen molar-refractivity contribution in [3.05, 3.63) is 28.8 Å². The van der Waals surface area contributed by atoms with Crippen LogP contribution < -0.4 is 11.1 Å². The van der Waals surface area contributed by atoms with Gasteiger partial charge in [-0.15, -0.1) is 0 Å². The number of carbonyl (C=O) groups excluding carboxylic acids is 2. The highest BCUT2D eigenvalue weighted by atomic mass is 35.5. The van der Waals surface area contributed by atoms with Gasteiger partial charge in [0.05, 0.1) is 18.4 Å². The first-order valence-electron chi connectivity index (χ1n) is 5.88. The molecule has 1 amide bonds. The number of anilines is 1. The largest absolute Gasteiger partial charge is 0.465 e. The van der Waals surface area contributed by atoms with Gasteiger partial charge in [-0.3, -0.25) is 4.79 Å². The minimum atomic E-state index is -0.552. The number of rotatable bonds is 5. The van der Waals surface area contributed by atoms with Crippen LogP contribution in [-0.2, 0) is 9.53 Å². The maximum atomic E-state index is 11.9. The summed E-state index contributed by atoms with van der Waals surface area (Å²) < 4.78 is 4.65. The fourth-order valence-electron chi connectivity index (χ4n) is 1.54. The summed E-state index contributed by atoms with van der Waals surface area (Å²) in [5.74, 6) is -0.978. The van der Waals surface area contributed by atoms with Crippen LogP contribution in [0.3, 0.4) is 0 Å². The Bertz CT molecular complexity index is 477. The van der Waals surface area contributed by atoms with Crippen LogP contribution in [0.15, 0.2) is 18.2 Å². The Balaban J connectivity index is 2.94. The van der Waals surface area contributed by atoms with E-state index < -0.39 is 5.97 Å². The number of nitrogens with two attached hydrogens (primary N) is 1. The fraction of sp³-hybridized carbons (Fsp3) is 0.385. The zero-order chi connectivity index (χ0) is 14.4. The number of benzene rings is 1. The number of nitrogens with one attached hydrogen (secondary N) is 1. The molecule has 1 aromatic carbocycles. The van der Waals surface area contributed by atoms with Gasteiger partial charge in [0.2, 0.25) is 5.91 Å². The van der Waals surface area contributed by atoms with Gasteiger partial charge in [-0.05, 0) is 31.2 Å². The van der Waals surface area contributed by atoms with Crippen LogP contribution in [0, 0.1) is 5.92 Å². The fourth-order valence-corrected chi connectivity index (χ4v) is 1.71. The Morgan fingerprint density at radius 1 is 1.47 bits per heavy atom. The zero-order valence-electron chi connectivity index (χ0n) is 10.9. The molecular formula is C13H17ClN2O3. The third-order valence-electron chi connectivity index (χ3n) is 2.69. The first-order valence-corrected chi connectivity index (χ1v) is 6.26. The van der Waals surface area contributed by atoms with E-state index in [1.54, 1.807) is 19.1 Å². The monoisotopic (exact) mass is 284 g/mol. The first kappa shape index (κ1) is 15.5. The van der Waals surface area contributed by atoms with E-state index in [1.807, 2.05) is 0 Å². The Hall–Kier alpha value is -1.59. The van der Waals surface area contributed by atoms with Gasteiger partial charge in [-0.25, -0.2) is 4.79 Å². The lowest BCUT2D eigenvalue weighted by Crippen LogP contribution is -2.24. The lowest BCUT2D eigenvalue weighted by Gasteiger charge is -2.13. The molecule has 0 aliphatic heterocycles. The molecule has 1 rings (SSSR count). The molecule has 1 unspecified atom stereocenters. The molecule has 1 aromatic rings. The minimum Gasteiger partial charge on any atom is -0.465 e. The van der Waals surface area contributed by atoms with E-state index >= 15 is 0 Å². The van der Waals surface area contributed by atoms with E-state index in [4.69, 9.17) is 17.3 Å². The topological polar surface area (TPSA) is 81.4 Å². The summed E-state index contributed by atoms with van der Waals surface area (Å²) in [6.07, 6.45) is 0.576. The third-order valence-corrected chi connectivity index (χ3v) is 2.93. The molecular weight excluding hydrogens is 268 g/mol. The van der Waals surface area contributed by atoms with E-state index in [2.05, 4.69) is 10.1 Å². The maximum Gasteiger partial charge on any atom is 0.340 e. The van der Waals surface area contributed by atoms with Gasteiger partial charge < -0.3 is 15.8 Å². The van der Waals surface area contributed by atoms with Crippen LogP contribution in [0.5, 0.6) is 0 Å². The van der Waals surface area contributed by atoms with Gasteiger partial charge >= 0.3 is 5.97 Å². The number of ether oxygens (including phenoxy) is 1. The molecule has 0 bridgehead atoms. The predicted molar refractivity (Wildman–Crippen MR) is 74.3 cm³/mol. The number of hydrogen-bond acceptors (Lipinski definition) is 4. The van der Waals surface area contributed by atoms with Crippen molar-refractivity contribution in [1.82, 2.24) is 0 Å². The van der Waals surface area contributed by atoms with E-state index in [0.717, 1.165) is 0 Å². The molecule has 0 heterocycles. The molecule has 0 saturated heterocycles. The van der Waals surface area contributed by atoms with Crippen LogP contribution in [0.25, 0.3) is 0 Å². The van der Waals surface area contributed by atoms with Gasteiger partial charge in [0.25, 0.3) is 0 Å². The molecule has 0 saturated carbocycles. The summed E-state index contributed by atoms with van der Waals surface area (Å²) in [4.78, 5) is 23.5. The van der Waals surface area contributed by atoms with Gasteiger partial charge in [0, 0.05) is 10.9 Å². The summed E-state index contributed by atoms with van der Waals surface area (Å²) in [5, 5.41) is 3.08. The van der Waals surface area contributed by atoms with E-state index in [9.17, 15) is 9.59 Å². The van der Waals surface area contributed by atoms with Crippen molar-refractivity contribution in [2.45, 2.75) is 13.3 Å². The second-order valence-corrected chi connectivity index (χ2v) is 4.59. The molecule has 6 heteroatoms. The molecule has 0 aromatic heterocycles. The van der Waals surface area contributed by atoms with E-state index in [0.29, 0.717) is 23.7 Å². The summed E-state index contributed by atoms with van der Waals surface area (Å²) in [6, 6.07) is 4.62. The molecule has 3 N–H and O–H groups in total. The van der Waals surface area contributed by atoms with Crippen LogP contribution in [-0.4, -0.2) is 25.5 Å². The van der Waals surface area contributed by atoms with Crippen LogP contribution in [0.4, 0.5) is 5.69 Å². The van der Waals surface area contributed by atoms with Gasteiger partial charge in [-0.2, -0.15) is 0 Å². The average Bonchev–Trinajstić information content (AvgIpc) is 2.40. The third kappa shape index (κ3) is 4.22. The summed E-state index contributed by atoms with van der Waals surface area (Å²) in [6.45, 7) is 2.20. The molecule has 0 spiro atoms. The zero-order valence-corrected chi connectivity index (χ0v) is 11.7. The molecule has 0 radical (unpaired) electrons. The number of halogens is 1. The highest BCUT2D eigenvalue weighted by Crippen LogP contribution is 2.22. The lowest BCUT2D eigenvalue weighted by molar-refractivity contribution is -0.119. The average molecular weight is 285 g/mol. The second-order valence-electron chi connectivity index (χ2n) is 4.15. The van der Waals surface area contributed by atoms with Crippen molar-refractivity contribution in [3.8, 4) is 0 Å². The number of esters is 1. The summed E-state index contributed by atoms with van der Waals surface area (Å²) >= 11 is 5.83. The molecule has 0 aliphatic rings. The van der Waals surface area contributed by atoms with E-state index in [-0.39, 0.29) is 17.4 Å². The van der Waals surface area contributed by atoms with Gasteiger partial charge in [0.15, 0.2) is 0 Å². The first-order chi connectivity index (χ1) is 8.99. The van der Waals surface area contributed by atoms with Crippen molar-refractivity contribution < 1.29 is 14.3 Å². The van der Waals surface area contributed by atoms with Crippen molar-refractivity contribution in [2.75, 3.05) is 19.0 Å². The SMILES string of the molecule is COC(=O)c1cc(Cl)ccc1NC(=O)C(C)CCN. The summed E-state index contributed by atoms with van der Waals surface area (Å²) in [5.41, 5.74) is 6.01. The molecule has 19 heavy (non-hydrogen) atoms. The molecule has 5 nitrogen and oxygen atoms in total. The maximum absolute atomic E-state index is 11.9. The second kappa shape index (κ2) is 7.11.